The van der Waals surface area contributed by atoms with Crippen LogP contribution in [0.5, 0.6) is 5.75 Å². The van der Waals surface area contributed by atoms with Gasteiger partial charge in [0, 0.05) is 12.2 Å². The zero-order valence-corrected chi connectivity index (χ0v) is 9.51. The third-order valence-electron chi connectivity index (χ3n) is 2.21. The van der Waals surface area contributed by atoms with Gasteiger partial charge in [-0.2, -0.15) is 0 Å². The number of hydrogen-bond acceptors (Lipinski definition) is 5. The summed E-state index contributed by atoms with van der Waals surface area (Å²) >= 11 is 0. The van der Waals surface area contributed by atoms with Crippen LogP contribution in [-0.4, -0.2) is 42.5 Å². The lowest BCUT2D eigenvalue weighted by atomic mass is 10.1. The SMILES string of the molecule is COc1cccc(N)c1C(=O)NCC(O)CO. The molecule has 1 aromatic carbocycles. The Bertz CT molecular complexity index is 395. The van der Waals surface area contributed by atoms with Crippen molar-refractivity contribution in [2.75, 3.05) is 26.0 Å². The Balaban J connectivity index is 2.81. The highest BCUT2D eigenvalue weighted by Gasteiger charge is 2.16. The fourth-order valence-electron chi connectivity index (χ4n) is 1.32. The largest absolute Gasteiger partial charge is 0.496 e. The standard InChI is InChI=1S/C11H16N2O4/c1-17-9-4-2-3-8(12)10(9)11(16)13-5-7(15)6-14/h2-4,7,14-15H,5-6,12H2,1H3,(H,13,16). The Morgan fingerprint density at radius 3 is 2.88 bits per heavy atom. The number of benzene rings is 1. The smallest absolute Gasteiger partial charge is 0.257 e. The topological polar surface area (TPSA) is 105 Å². The Morgan fingerprint density at radius 1 is 1.59 bits per heavy atom. The summed E-state index contributed by atoms with van der Waals surface area (Å²) < 4.78 is 5.03. The summed E-state index contributed by atoms with van der Waals surface area (Å²) in [6.07, 6.45) is -0.991. The molecular formula is C11H16N2O4. The molecule has 0 aliphatic heterocycles. The molecule has 0 spiro atoms. The van der Waals surface area contributed by atoms with E-state index in [-0.39, 0.29) is 12.1 Å². The number of ether oxygens (including phenoxy) is 1. The highest BCUT2D eigenvalue weighted by Crippen LogP contribution is 2.23. The Hall–Kier alpha value is -1.79. The maximum atomic E-state index is 11.8. The molecule has 1 atom stereocenters. The zero-order chi connectivity index (χ0) is 12.8. The lowest BCUT2D eigenvalue weighted by Gasteiger charge is -2.13. The molecule has 0 bridgehead atoms. The number of carbonyl (C=O) groups is 1. The number of nitrogens with two attached hydrogens (primary N) is 1. The minimum Gasteiger partial charge on any atom is -0.496 e. The zero-order valence-electron chi connectivity index (χ0n) is 9.51. The first-order valence-electron chi connectivity index (χ1n) is 5.09. The van der Waals surface area contributed by atoms with Gasteiger partial charge in [-0.1, -0.05) is 6.07 Å². The van der Waals surface area contributed by atoms with Crippen LogP contribution < -0.4 is 15.8 Å². The van der Waals surface area contributed by atoms with E-state index in [1.165, 1.54) is 7.11 Å². The number of aliphatic hydroxyl groups is 2. The van der Waals surface area contributed by atoms with Crippen molar-refractivity contribution in [3.63, 3.8) is 0 Å². The third kappa shape index (κ3) is 3.33. The monoisotopic (exact) mass is 240 g/mol. The normalized spacial score (nSPS) is 11.9. The van der Waals surface area contributed by atoms with Crippen molar-refractivity contribution in [2.45, 2.75) is 6.10 Å². The summed E-state index contributed by atoms with van der Waals surface area (Å²) in [6, 6.07) is 4.88. The van der Waals surface area contributed by atoms with Crippen LogP contribution in [0, 0.1) is 0 Å². The van der Waals surface area contributed by atoms with E-state index in [1.54, 1.807) is 18.2 Å². The number of nitrogen functional groups attached to an aromatic ring is 1. The molecule has 1 aromatic rings. The highest BCUT2D eigenvalue weighted by atomic mass is 16.5. The van der Waals surface area contributed by atoms with Crippen LogP contribution in [0.3, 0.4) is 0 Å². The summed E-state index contributed by atoms with van der Waals surface area (Å²) in [5.41, 5.74) is 6.20. The van der Waals surface area contributed by atoms with Crippen LogP contribution >= 0.6 is 0 Å². The van der Waals surface area contributed by atoms with Crippen LogP contribution in [0.25, 0.3) is 0 Å². The van der Waals surface area contributed by atoms with Crippen molar-refractivity contribution in [3.8, 4) is 5.75 Å². The minimum absolute atomic E-state index is 0.0488. The van der Waals surface area contributed by atoms with Crippen molar-refractivity contribution in [2.24, 2.45) is 0 Å². The quantitative estimate of drug-likeness (QED) is 0.512. The molecule has 94 valence electrons. The van der Waals surface area contributed by atoms with Gasteiger partial charge in [-0.15, -0.1) is 0 Å². The molecular weight excluding hydrogens is 224 g/mol. The van der Waals surface area contributed by atoms with Crippen molar-refractivity contribution >= 4 is 11.6 Å². The fraction of sp³-hybridized carbons (Fsp3) is 0.364. The number of methoxy groups -OCH3 is 1. The number of nitrogens with one attached hydrogen (secondary N) is 1. The molecule has 0 heterocycles. The molecule has 17 heavy (non-hydrogen) atoms. The van der Waals surface area contributed by atoms with Gasteiger partial charge in [0.25, 0.3) is 5.91 Å². The molecule has 0 saturated carbocycles. The number of carbonyl (C=O) groups excluding carboxylic acids is 1. The predicted molar refractivity (Wildman–Crippen MR) is 62.8 cm³/mol. The second kappa shape index (κ2) is 6.07. The number of hydrogen-bond donors (Lipinski definition) is 4. The van der Waals surface area contributed by atoms with Crippen molar-refractivity contribution in [1.82, 2.24) is 5.32 Å². The van der Waals surface area contributed by atoms with Gasteiger partial charge in [0.15, 0.2) is 0 Å². The fourth-order valence-corrected chi connectivity index (χ4v) is 1.32. The predicted octanol–water partition coefficient (Wildman–Crippen LogP) is -0.640. The molecule has 0 fully saturated rings. The van der Waals surface area contributed by atoms with E-state index in [0.29, 0.717) is 11.4 Å². The molecule has 5 N–H and O–H groups in total. The Kier molecular flexibility index (Phi) is 4.74. The van der Waals surface area contributed by atoms with Gasteiger partial charge in [0.05, 0.1) is 19.8 Å². The first kappa shape index (κ1) is 13.3. The lowest BCUT2D eigenvalue weighted by molar-refractivity contribution is 0.0800. The second-order valence-electron chi connectivity index (χ2n) is 3.47. The summed E-state index contributed by atoms with van der Waals surface area (Å²) in [7, 11) is 1.44. The minimum atomic E-state index is -0.991. The summed E-state index contributed by atoms with van der Waals surface area (Å²) in [5.74, 6) is -0.0894. The lowest BCUT2D eigenvalue weighted by Crippen LogP contribution is -2.34. The molecule has 1 rings (SSSR count). The van der Waals surface area contributed by atoms with E-state index in [9.17, 15) is 4.79 Å². The van der Waals surface area contributed by atoms with Gasteiger partial charge in [-0.05, 0) is 12.1 Å². The van der Waals surface area contributed by atoms with Gasteiger partial charge in [0.1, 0.15) is 11.3 Å². The first-order valence-corrected chi connectivity index (χ1v) is 5.09. The van der Waals surface area contributed by atoms with E-state index < -0.39 is 18.6 Å². The van der Waals surface area contributed by atoms with E-state index in [4.69, 9.17) is 20.7 Å². The highest BCUT2D eigenvalue weighted by molar-refractivity contribution is 6.01. The number of aliphatic hydroxyl groups excluding tert-OH is 2. The van der Waals surface area contributed by atoms with E-state index in [0.717, 1.165) is 0 Å². The van der Waals surface area contributed by atoms with Crippen molar-refractivity contribution in [1.29, 1.82) is 0 Å². The van der Waals surface area contributed by atoms with Crippen LogP contribution in [0.4, 0.5) is 5.69 Å². The molecule has 0 radical (unpaired) electrons. The number of amides is 1. The average molecular weight is 240 g/mol. The Labute approximate surface area is 99.0 Å². The molecule has 0 aliphatic carbocycles. The molecule has 6 heteroatoms. The maximum Gasteiger partial charge on any atom is 0.257 e. The number of rotatable bonds is 5. The summed E-state index contributed by atoms with van der Waals surface area (Å²) in [4.78, 5) is 11.8. The van der Waals surface area contributed by atoms with Crippen molar-refractivity contribution < 1.29 is 19.7 Å². The molecule has 0 saturated heterocycles. The van der Waals surface area contributed by atoms with E-state index in [1.807, 2.05) is 0 Å². The van der Waals surface area contributed by atoms with Crippen LogP contribution in [0.2, 0.25) is 0 Å². The molecule has 0 aromatic heterocycles. The number of anilines is 1. The second-order valence-corrected chi connectivity index (χ2v) is 3.47. The summed E-state index contributed by atoms with van der Waals surface area (Å²) in [5, 5.41) is 20.2. The summed E-state index contributed by atoms with van der Waals surface area (Å²) in [6.45, 7) is -0.464. The van der Waals surface area contributed by atoms with E-state index >= 15 is 0 Å². The van der Waals surface area contributed by atoms with Crippen LogP contribution in [0.15, 0.2) is 18.2 Å². The Morgan fingerprint density at radius 2 is 2.29 bits per heavy atom. The van der Waals surface area contributed by atoms with Crippen molar-refractivity contribution in [3.05, 3.63) is 23.8 Å². The maximum absolute atomic E-state index is 11.8. The third-order valence-corrected chi connectivity index (χ3v) is 2.21. The van der Waals surface area contributed by atoms with E-state index in [2.05, 4.69) is 5.32 Å². The van der Waals surface area contributed by atoms with Gasteiger partial charge in [-0.25, -0.2) is 0 Å². The van der Waals surface area contributed by atoms with Crippen LogP contribution in [-0.2, 0) is 0 Å². The molecule has 1 unspecified atom stereocenters. The molecule has 0 aliphatic rings. The molecule has 1 amide bonds. The average Bonchev–Trinajstić information content (AvgIpc) is 2.34. The first-order chi connectivity index (χ1) is 8.10. The van der Waals surface area contributed by atoms with Crippen LogP contribution in [0.1, 0.15) is 10.4 Å². The molecule has 6 nitrogen and oxygen atoms in total. The van der Waals surface area contributed by atoms with Gasteiger partial charge >= 0.3 is 0 Å². The van der Waals surface area contributed by atoms with Gasteiger partial charge in [0.2, 0.25) is 0 Å². The van der Waals surface area contributed by atoms with Gasteiger partial charge < -0.3 is 26.0 Å². The van der Waals surface area contributed by atoms with Gasteiger partial charge in [-0.3, -0.25) is 4.79 Å².